The van der Waals surface area contributed by atoms with Gasteiger partial charge in [0.1, 0.15) is 6.54 Å². The van der Waals surface area contributed by atoms with Crippen LogP contribution in [0.2, 0.25) is 5.02 Å². The van der Waals surface area contributed by atoms with Gasteiger partial charge in [0.2, 0.25) is 0 Å². The number of nitrogens with zero attached hydrogens (tertiary/aromatic N) is 2. The maximum atomic E-state index is 10.4. The molecule has 8 heteroatoms. The van der Waals surface area contributed by atoms with Crippen LogP contribution in [0.5, 0.6) is 0 Å². The Kier molecular flexibility index (Phi) is 11.5. The third-order valence-electron chi connectivity index (χ3n) is 4.45. The molecule has 0 radical (unpaired) electrons. The first kappa shape index (κ1) is 24.7. The monoisotopic (exact) mass is 520 g/mol. The van der Waals surface area contributed by atoms with Gasteiger partial charge in [-0.25, -0.2) is 4.99 Å². The van der Waals surface area contributed by atoms with Gasteiger partial charge >= 0.3 is 0 Å². The first-order chi connectivity index (χ1) is 13.1. The Hall–Kier alpha value is -1.32. The van der Waals surface area contributed by atoms with Crippen LogP contribution < -0.4 is 10.6 Å². The van der Waals surface area contributed by atoms with Crippen LogP contribution in [0.1, 0.15) is 62.7 Å². The van der Waals surface area contributed by atoms with Crippen LogP contribution in [-0.2, 0) is 6.54 Å². The lowest BCUT2D eigenvalue weighted by atomic mass is 9.99. The topological polar surface area (TPSA) is 82.7 Å². The van der Waals surface area contributed by atoms with Gasteiger partial charge < -0.3 is 20.3 Å². The van der Waals surface area contributed by atoms with Crippen molar-refractivity contribution in [3.63, 3.8) is 0 Å². The predicted molar refractivity (Wildman–Crippen MR) is 124 cm³/mol. The second-order valence-electron chi connectivity index (χ2n) is 6.34. The van der Waals surface area contributed by atoms with Crippen molar-refractivity contribution >= 4 is 41.5 Å². The highest BCUT2D eigenvalue weighted by atomic mass is 127. The van der Waals surface area contributed by atoms with E-state index < -0.39 is 6.10 Å². The standard InChI is InChI=1S/C20H29ClN4O2.HI/c1-4-14(5-2)18-11-15(27-25-18)12-23-20(22-6-3)24-13-19(26)16-9-7-8-10-17(16)21;/h7-11,14,19,26H,4-6,12-13H2,1-3H3,(H2,22,23,24);1H. The van der Waals surface area contributed by atoms with E-state index in [1.54, 1.807) is 6.07 Å². The lowest BCUT2D eigenvalue weighted by Crippen LogP contribution is -2.39. The first-order valence-electron chi connectivity index (χ1n) is 9.49. The van der Waals surface area contributed by atoms with E-state index >= 15 is 0 Å². The smallest absolute Gasteiger partial charge is 0.191 e. The number of nitrogens with one attached hydrogen (secondary N) is 2. The summed E-state index contributed by atoms with van der Waals surface area (Å²) in [6, 6.07) is 9.24. The Morgan fingerprint density at radius 3 is 2.57 bits per heavy atom. The van der Waals surface area contributed by atoms with Gasteiger partial charge in [0.25, 0.3) is 0 Å². The van der Waals surface area contributed by atoms with Crippen molar-refractivity contribution < 1.29 is 9.63 Å². The number of halogens is 2. The molecule has 1 aromatic carbocycles. The minimum Gasteiger partial charge on any atom is -0.387 e. The fourth-order valence-corrected chi connectivity index (χ4v) is 3.11. The molecular formula is C20H30ClIN4O2. The van der Waals surface area contributed by atoms with Crippen molar-refractivity contribution in [1.29, 1.82) is 0 Å². The average molecular weight is 521 g/mol. The van der Waals surface area contributed by atoms with E-state index in [1.807, 2.05) is 31.2 Å². The molecule has 0 aliphatic heterocycles. The Bertz CT molecular complexity index is 735. The van der Waals surface area contributed by atoms with Crippen molar-refractivity contribution in [2.75, 3.05) is 13.1 Å². The van der Waals surface area contributed by atoms with E-state index in [4.69, 9.17) is 16.1 Å². The lowest BCUT2D eigenvalue weighted by Gasteiger charge is -2.16. The number of hydrogen-bond donors (Lipinski definition) is 3. The molecule has 0 saturated carbocycles. The average Bonchev–Trinajstić information content (AvgIpc) is 3.14. The van der Waals surface area contributed by atoms with E-state index in [0.717, 1.165) is 24.3 Å². The Morgan fingerprint density at radius 2 is 1.93 bits per heavy atom. The van der Waals surface area contributed by atoms with Gasteiger partial charge in [-0.15, -0.1) is 24.0 Å². The number of guanidine groups is 1. The Labute approximate surface area is 189 Å². The van der Waals surface area contributed by atoms with E-state index in [2.05, 4.69) is 34.6 Å². The van der Waals surface area contributed by atoms with Crippen molar-refractivity contribution in [2.24, 2.45) is 4.99 Å². The van der Waals surface area contributed by atoms with Crippen LogP contribution >= 0.6 is 35.6 Å². The molecule has 1 atom stereocenters. The highest BCUT2D eigenvalue weighted by molar-refractivity contribution is 14.0. The summed E-state index contributed by atoms with van der Waals surface area (Å²) >= 11 is 6.14. The van der Waals surface area contributed by atoms with Crippen molar-refractivity contribution in [1.82, 2.24) is 15.8 Å². The van der Waals surface area contributed by atoms with Gasteiger partial charge in [0, 0.05) is 35.7 Å². The predicted octanol–water partition coefficient (Wildman–Crippen LogP) is 4.64. The van der Waals surface area contributed by atoms with E-state index in [9.17, 15) is 5.11 Å². The second-order valence-corrected chi connectivity index (χ2v) is 6.75. The number of hydrogen-bond acceptors (Lipinski definition) is 4. The number of aliphatic hydroxyl groups excluding tert-OH is 1. The molecular weight excluding hydrogens is 491 g/mol. The summed E-state index contributed by atoms with van der Waals surface area (Å²) in [5.41, 5.74) is 1.67. The van der Waals surface area contributed by atoms with Crippen LogP contribution in [0.25, 0.3) is 0 Å². The zero-order valence-corrected chi connectivity index (χ0v) is 19.7. The number of rotatable bonds is 9. The third-order valence-corrected chi connectivity index (χ3v) is 4.79. The largest absolute Gasteiger partial charge is 0.387 e. The molecule has 0 spiro atoms. The van der Waals surface area contributed by atoms with Crippen LogP contribution in [0.15, 0.2) is 39.8 Å². The highest BCUT2D eigenvalue weighted by Crippen LogP contribution is 2.23. The fourth-order valence-electron chi connectivity index (χ4n) is 2.85. The van der Waals surface area contributed by atoms with Gasteiger partial charge in [0.15, 0.2) is 11.7 Å². The Morgan fingerprint density at radius 1 is 1.21 bits per heavy atom. The molecule has 0 aliphatic rings. The zero-order chi connectivity index (χ0) is 19.6. The summed E-state index contributed by atoms with van der Waals surface area (Å²) in [6.45, 7) is 7.68. The van der Waals surface area contributed by atoms with Gasteiger partial charge in [-0.05, 0) is 25.8 Å². The summed E-state index contributed by atoms with van der Waals surface area (Å²) in [6.07, 6.45) is 1.35. The maximum Gasteiger partial charge on any atom is 0.191 e. The number of aliphatic imine (C=N–C) groups is 1. The fraction of sp³-hybridized carbons (Fsp3) is 0.500. The normalized spacial score (nSPS) is 12.6. The summed E-state index contributed by atoms with van der Waals surface area (Å²) in [5.74, 6) is 1.74. The van der Waals surface area contributed by atoms with Crippen molar-refractivity contribution in [2.45, 2.75) is 52.2 Å². The lowest BCUT2D eigenvalue weighted by molar-refractivity contribution is 0.181. The molecule has 2 rings (SSSR count). The molecule has 3 N–H and O–H groups in total. The van der Waals surface area contributed by atoms with Gasteiger partial charge in [0.05, 0.1) is 11.8 Å². The minimum atomic E-state index is -0.727. The molecule has 28 heavy (non-hydrogen) atoms. The molecule has 6 nitrogen and oxygen atoms in total. The molecule has 2 aromatic rings. The molecule has 0 bridgehead atoms. The molecule has 0 fully saturated rings. The molecule has 1 unspecified atom stereocenters. The minimum absolute atomic E-state index is 0. The number of aliphatic hydroxyl groups is 1. The second kappa shape index (κ2) is 13.0. The van der Waals surface area contributed by atoms with Crippen LogP contribution in [-0.4, -0.2) is 29.3 Å². The van der Waals surface area contributed by atoms with E-state index in [-0.39, 0.29) is 24.0 Å². The maximum absolute atomic E-state index is 10.4. The number of benzene rings is 1. The van der Waals surface area contributed by atoms with E-state index in [0.29, 0.717) is 42.1 Å². The van der Waals surface area contributed by atoms with Gasteiger partial charge in [-0.3, -0.25) is 0 Å². The number of aromatic nitrogens is 1. The molecule has 0 saturated heterocycles. The quantitative estimate of drug-likeness (QED) is 0.255. The van der Waals surface area contributed by atoms with Crippen molar-refractivity contribution in [3.05, 3.63) is 52.4 Å². The highest BCUT2D eigenvalue weighted by Gasteiger charge is 2.14. The third kappa shape index (κ3) is 7.25. The molecule has 1 aromatic heterocycles. The van der Waals surface area contributed by atoms with Gasteiger partial charge in [-0.2, -0.15) is 0 Å². The summed E-state index contributed by atoms with van der Waals surface area (Å²) in [7, 11) is 0. The van der Waals surface area contributed by atoms with Gasteiger partial charge in [-0.1, -0.05) is 48.8 Å². The summed E-state index contributed by atoms with van der Waals surface area (Å²) in [5, 5.41) is 21.4. The van der Waals surface area contributed by atoms with Crippen LogP contribution in [0, 0.1) is 0 Å². The Balaban J connectivity index is 0.00000392. The zero-order valence-electron chi connectivity index (χ0n) is 16.6. The first-order valence-corrected chi connectivity index (χ1v) is 9.86. The molecule has 156 valence electrons. The molecule has 1 heterocycles. The summed E-state index contributed by atoms with van der Waals surface area (Å²) < 4.78 is 5.41. The molecule has 0 aliphatic carbocycles. The van der Waals surface area contributed by atoms with Crippen molar-refractivity contribution in [3.8, 4) is 0 Å². The molecule has 0 amide bonds. The van der Waals surface area contributed by atoms with Crippen LogP contribution in [0.4, 0.5) is 0 Å². The summed E-state index contributed by atoms with van der Waals surface area (Å²) in [4.78, 5) is 4.51. The van der Waals surface area contributed by atoms with Crippen LogP contribution in [0.3, 0.4) is 0 Å². The SMILES string of the molecule is CCNC(=NCc1cc(C(CC)CC)no1)NCC(O)c1ccccc1Cl.I. The van der Waals surface area contributed by atoms with E-state index in [1.165, 1.54) is 0 Å².